The molecule has 27 heavy (non-hydrogen) atoms. The van der Waals surface area contributed by atoms with Crippen LogP contribution in [0.15, 0.2) is 48.8 Å². The predicted octanol–water partition coefficient (Wildman–Crippen LogP) is 3.90. The molecule has 0 bridgehead atoms. The summed E-state index contributed by atoms with van der Waals surface area (Å²) in [6.07, 6.45) is 1.14. The van der Waals surface area contributed by atoms with Gasteiger partial charge in [0.25, 0.3) is 5.91 Å². The highest BCUT2D eigenvalue weighted by molar-refractivity contribution is 6.03. The fraction of sp³-hybridized carbons (Fsp3) is 0.0556. The number of rotatable bonds is 5. The molecule has 2 aromatic carbocycles. The number of ether oxygens (including phenoxy) is 1. The van der Waals surface area contributed by atoms with Crippen LogP contribution < -0.4 is 15.4 Å². The minimum absolute atomic E-state index is 0.0925. The lowest BCUT2D eigenvalue weighted by Gasteiger charge is -2.09. The third-order valence-corrected chi connectivity index (χ3v) is 3.55. The fourth-order valence-corrected chi connectivity index (χ4v) is 2.18. The molecular formula is C18H13F3N4O2. The third-order valence-electron chi connectivity index (χ3n) is 3.55. The molecular weight excluding hydrogens is 361 g/mol. The minimum Gasteiger partial charge on any atom is -0.497 e. The molecule has 3 aromatic rings. The van der Waals surface area contributed by atoms with E-state index in [1.165, 1.54) is 6.07 Å². The number of amides is 1. The molecule has 0 aliphatic heterocycles. The van der Waals surface area contributed by atoms with E-state index in [1.54, 1.807) is 31.4 Å². The van der Waals surface area contributed by atoms with E-state index < -0.39 is 29.0 Å². The lowest BCUT2D eigenvalue weighted by Crippen LogP contribution is -2.16. The van der Waals surface area contributed by atoms with Gasteiger partial charge in [-0.2, -0.15) is 0 Å². The van der Waals surface area contributed by atoms with Gasteiger partial charge in [-0.15, -0.1) is 0 Å². The first kappa shape index (κ1) is 18.2. The smallest absolute Gasteiger partial charge is 0.274 e. The van der Waals surface area contributed by atoms with Gasteiger partial charge in [-0.05, 0) is 36.4 Å². The second kappa shape index (κ2) is 7.73. The summed E-state index contributed by atoms with van der Waals surface area (Å²) < 4.78 is 45.0. The Balaban J connectivity index is 1.76. The first-order valence-corrected chi connectivity index (χ1v) is 7.66. The van der Waals surface area contributed by atoms with Crippen molar-refractivity contribution in [3.63, 3.8) is 0 Å². The molecule has 1 amide bonds. The van der Waals surface area contributed by atoms with Crippen LogP contribution in [0.2, 0.25) is 0 Å². The van der Waals surface area contributed by atoms with Crippen molar-refractivity contribution in [2.24, 2.45) is 0 Å². The van der Waals surface area contributed by atoms with Crippen LogP contribution in [0.5, 0.6) is 5.75 Å². The maximum Gasteiger partial charge on any atom is 0.274 e. The van der Waals surface area contributed by atoms with Crippen molar-refractivity contribution >= 4 is 23.1 Å². The van der Waals surface area contributed by atoms with Gasteiger partial charge in [-0.1, -0.05) is 0 Å². The number of hydrogen-bond donors (Lipinski definition) is 2. The van der Waals surface area contributed by atoms with Crippen molar-refractivity contribution in [1.82, 2.24) is 9.97 Å². The molecule has 2 N–H and O–H groups in total. The van der Waals surface area contributed by atoms with E-state index in [0.29, 0.717) is 23.3 Å². The SMILES string of the molecule is COc1ccc(Nc2cc(C(=O)Nc3ccc(F)c(F)c3F)ncn2)cc1. The van der Waals surface area contributed by atoms with Crippen LogP contribution in [0.1, 0.15) is 10.5 Å². The Bertz CT molecular complexity index is 981. The molecule has 9 heteroatoms. The van der Waals surface area contributed by atoms with E-state index in [1.807, 2.05) is 0 Å². The maximum absolute atomic E-state index is 13.7. The summed E-state index contributed by atoms with van der Waals surface area (Å²) in [5, 5.41) is 5.12. The number of halogens is 3. The first-order chi connectivity index (χ1) is 13.0. The Labute approximate surface area is 152 Å². The zero-order valence-electron chi connectivity index (χ0n) is 14.0. The van der Waals surface area contributed by atoms with Crippen molar-refractivity contribution in [3.8, 4) is 5.75 Å². The summed E-state index contributed by atoms with van der Waals surface area (Å²) in [7, 11) is 1.55. The number of nitrogens with zero attached hydrogens (tertiary/aromatic N) is 2. The van der Waals surface area contributed by atoms with Crippen LogP contribution in [0, 0.1) is 17.5 Å². The van der Waals surface area contributed by atoms with Crippen molar-refractivity contribution in [1.29, 1.82) is 0 Å². The number of carbonyl (C=O) groups excluding carboxylic acids is 1. The van der Waals surface area contributed by atoms with Crippen LogP contribution in [0.4, 0.5) is 30.4 Å². The monoisotopic (exact) mass is 374 g/mol. The molecule has 6 nitrogen and oxygen atoms in total. The van der Waals surface area contributed by atoms with E-state index in [-0.39, 0.29) is 5.69 Å². The molecule has 1 aromatic heterocycles. The Morgan fingerprint density at radius 3 is 2.44 bits per heavy atom. The lowest BCUT2D eigenvalue weighted by atomic mass is 10.2. The van der Waals surface area contributed by atoms with Crippen LogP contribution in [0.25, 0.3) is 0 Å². The van der Waals surface area contributed by atoms with Crippen LogP contribution in [-0.2, 0) is 0 Å². The molecule has 0 saturated heterocycles. The van der Waals surface area contributed by atoms with Crippen LogP contribution in [0.3, 0.4) is 0 Å². The number of hydrogen-bond acceptors (Lipinski definition) is 5. The molecule has 0 unspecified atom stereocenters. The highest BCUT2D eigenvalue weighted by Gasteiger charge is 2.17. The minimum atomic E-state index is -1.67. The van der Waals surface area contributed by atoms with E-state index in [0.717, 1.165) is 12.4 Å². The first-order valence-electron chi connectivity index (χ1n) is 7.66. The van der Waals surface area contributed by atoms with Crippen molar-refractivity contribution in [3.05, 3.63) is 71.9 Å². The number of methoxy groups -OCH3 is 1. The van der Waals surface area contributed by atoms with Gasteiger partial charge in [-0.25, -0.2) is 23.1 Å². The summed E-state index contributed by atoms with van der Waals surface area (Å²) in [5.74, 6) is -4.33. The summed E-state index contributed by atoms with van der Waals surface area (Å²) in [4.78, 5) is 20.0. The normalized spacial score (nSPS) is 10.4. The Morgan fingerprint density at radius 2 is 1.74 bits per heavy atom. The van der Waals surface area contributed by atoms with Crippen molar-refractivity contribution in [2.75, 3.05) is 17.7 Å². The molecule has 0 fully saturated rings. The number of aromatic nitrogens is 2. The summed E-state index contributed by atoms with van der Waals surface area (Å²) in [5.41, 5.74) is 0.0971. The molecule has 0 spiro atoms. The maximum atomic E-state index is 13.7. The van der Waals surface area contributed by atoms with E-state index in [2.05, 4.69) is 20.6 Å². The summed E-state index contributed by atoms with van der Waals surface area (Å²) in [6, 6.07) is 9.94. The lowest BCUT2D eigenvalue weighted by molar-refractivity contribution is 0.102. The van der Waals surface area contributed by atoms with E-state index in [9.17, 15) is 18.0 Å². The zero-order chi connectivity index (χ0) is 19.4. The molecule has 0 aliphatic carbocycles. The molecule has 138 valence electrons. The van der Waals surface area contributed by atoms with Gasteiger partial charge in [0.15, 0.2) is 17.5 Å². The molecule has 0 radical (unpaired) electrons. The average molecular weight is 374 g/mol. The van der Waals surface area contributed by atoms with Crippen molar-refractivity contribution < 1.29 is 22.7 Å². The molecule has 0 aliphatic rings. The number of carbonyl (C=O) groups is 1. The van der Waals surface area contributed by atoms with Gasteiger partial charge < -0.3 is 15.4 Å². The van der Waals surface area contributed by atoms with Crippen molar-refractivity contribution in [2.45, 2.75) is 0 Å². The van der Waals surface area contributed by atoms with Gasteiger partial charge in [0, 0.05) is 11.8 Å². The van der Waals surface area contributed by atoms with E-state index in [4.69, 9.17) is 4.74 Å². The topological polar surface area (TPSA) is 76.1 Å². The zero-order valence-corrected chi connectivity index (χ0v) is 14.0. The van der Waals surface area contributed by atoms with Gasteiger partial charge >= 0.3 is 0 Å². The number of benzene rings is 2. The molecule has 3 rings (SSSR count). The Hall–Kier alpha value is -3.62. The Morgan fingerprint density at radius 1 is 1.00 bits per heavy atom. The average Bonchev–Trinajstić information content (AvgIpc) is 2.69. The van der Waals surface area contributed by atoms with Crippen LogP contribution in [-0.4, -0.2) is 23.0 Å². The second-order valence-electron chi connectivity index (χ2n) is 5.32. The quantitative estimate of drug-likeness (QED) is 0.663. The number of anilines is 3. The van der Waals surface area contributed by atoms with Gasteiger partial charge in [-0.3, -0.25) is 4.79 Å². The van der Waals surface area contributed by atoms with Crippen LogP contribution >= 0.6 is 0 Å². The second-order valence-corrected chi connectivity index (χ2v) is 5.32. The standard InChI is InChI=1S/C18H13F3N4O2/c1-27-11-4-2-10(3-5-11)24-15-8-14(22-9-23-15)18(26)25-13-7-6-12(19)16(20)17(13)21/h2-9H,1H3,(H,25,26)(H,22,23,24). The van der Waals surface area contributed by atoms with Gasteiger partial charge in [0.2, 0.25) is 0 Å². The largest absolute Gasteiger partial charge is 0.497 e. The predicted molar refractivity (Wildman–Crippen MR) is 92.6 cm³/mol. The highest BCUT2D eigenvalue weighted by Crippen LogP contribution is 2.21. The third kappa shape index (κ3) is 4.14. The van der Waals surface area contributed by atoms with Gasteiger partial charge in [0.1, 0.15) is 23.6 Å². The van der Waals surface area contributed by atoms with E-state index >= 15 is 0 Å². The highest BCUT2D eigenvalue weighted by atomic mass is 19.2. The molecule has 0 saturated carbocycles. The van der Waals surface area contributed by atoms with Gasteiger partial charge in [0.05, 0.1) is 12.8 Å². The molecule has 1 heterocycles. The number of nitrogens with one attached hydrogen (secondary N) is 2. The fourth-order valence-electron chi connectivity index (χ4n) is 2.18. The summed E-state index contributed by atoms with van der Waals surface area (Å²) in [6.45, 7) is 0. The Kier molecular flexibility index (Phi) is 5.20. The summed E-state index contributed by atoms with van der Waals surface area (Å²) >= 11 is 0. The molecule has 0 atom stereocenters.